The fraction of sp³-hybridized carbons (Fsp3) is 0.263. The lowest BCUT2D eigenvalue weighted by molar-refractivity contribution is 0.466. The Labute approximate surface area is 372 Å². The van der Waals surface area contributed by atoms with Crippen LogP contribution in [0.1, 0.15) is 123 Å². The summed E-state index contributed by atoms with van der Waals surface area (Å²) in [6.07, 6.45) is 1.82. The molecule has 4 nitrogen and oxygen atoms in total. The first-order valence-electron chi connectivity index (χ1n) is 24.7. The number of rotatable bonds is 9. The highest BCUT2D eigenvalue weighted by molar-refractivity contribution is 5.97. The second-order valence-electron chi connectivity index (χ2n) is 18.1. The molecule has 0 amide bonds. The maximum atomic E-state index is 12.3. The maximum absolute atomic E-state index is 12.3. The number of phenols is 1. The number of fused-ring (bicyclic) bond motifs is 1. The van der Waals surface area contributed by atoms with Gasteiger partial charge in [0.1, 0.15) is 11.6 Å². The second-order valence-corrected chi connectivity index (χ2v) is 18.1. The van der Waals surface area contributed by atoms with Gasteiger partial charge in [0.05, 0.1) is 22.3 Å². The van der Waals surface area contributed by atoms with E-state index >= 15 is 0 Å². The molecule has 2 heterocycles. The van der Waals surface area contributed by atoms with Crippen molar-refractivity contribution < 1.29 is 14.7 Å². The first-order chi connectivity index (χ1) is 31.8. The molecule has 8 aromatic rings. The van der Waals surface area contributed by atoms with Crippen LogP contribution in [0.25, 0.3) is 72.7 Å². The third-order valence-electron chi connectivity index (χ3n) is 11.8. The number of benzene rings is 6. The van der Waals surface area contributed by atoms with E-state index in [1.165, 1.54) is 6.07 Å². The van der Waals surface area contributed by atoms with Crippen molar-refractivity contribution in [2.75, 3.05) is 0 Å². The van der Waals surface area contributed by atoms with Crippen molar-refractivity contribution in [2.24, 2.45) is 0 Å². The summed E-state index contributed by atoms with van der Waals surface area (Å²) in [6, 6.07) is 40.8. The molecule has 0 atom stereocenters. The van der Waals surface area contributed by atoms with Crippen LogP contribution in [0.15, 0.2) is 134 Å². The van der Waals surface area contributed by atoms with Gasteiger partial charge in [-0.25, -0.2) is 4.98 Å². The number of hydrogen-bond donors (Lipinski definition) is 1. The average Bonchev–Trinajstić information content (AvgIpc) is 3.67. The molecule has 0 spiro atoms. The molecule has 308 valence electrons. The highest BCUT2D eigenvalue weighted by Gasteiger charge is 2.25. The lowest BCUT2D eigenvalue weighted by Crippen LogP contribution is -2.11. The molecule has 0 unspecified atom stereocenters. The molecule has 61 heavy (non-hydrogen) atoms. The zero-order valence-electron chi connectivity index (χ0n) is 43.6. The van der Waals surface area contributed by atoms with E-state index in [2.05, 4.69) is 71.0 Å². The molecular formula is C57H59N3O. The first kappa shape index (κ1) is 33.5. The van der Waals surface area contributed by atoms with Crippen LogP contribution in [0.3, 0.4) is 0 Å². The second kappa shape index (κ2) is 16.3. The van der Waals surface area contributed by atoms with Gasteiger partial charge in [0.25, 0.3) is 0 Å². The predicted molar refractivity (Wildman–Crippen MR) is 258 cm³/mol. The van der Waals surface area contributed by atoms with Crippen LogP contribution in [0.2, 0.25) is 0 Å². The molecule has 0 aliphatic carbocycles. The van der Waals surface area contributed by atoms with E-state index in [4.69, 9.17) is 19.6 Å². The third-order valence-corrected chi connectivity index (χ3v) is 11.8. The number of para-hydroxylation sites is 1. The van der Waals surface area contributed by atoms with E-state index in [9.17, 15) is 5.11 Å². The third kappa shape index (κ3) is 8.04. The Morgan fingerprint density at radius 3 is 2.05 bits per heavy atom. The lowest BCUT2D eigenvalue weighted by atomic mass is 9.83. The van der Waals surface area contributed by atoms with E-state index in [-0.39, 0.29) is 39.7 Å². The smallest absolute Gasteiger partial charge is 0.149 e. The molecule has 6 aromatic carbocycles. The standard InChI is InChI=1S/C57H59N3O/c1-34(2)39-20-22-40(23-21-39)42-24-25-58-52(32-42)45-27-44(28-46(29-45)57(9,10)11)48-18-15-19-53-54(48)59-56(51-31-43(35(3)4)30-49(36(5)6)55(51)61)60(53)47-26-37(7)38(8)50(33-47)41-16-13-12-14-17-41/h12-36,61H,1-11H3/i7D3,8D3,34D. The number of hydrogen-bond acceptors (Lipinski definition) is 3. The van der Waals surface area contributed by atoms with Gasteiger partial charge in [-0.05, 0) is 147 Å². The van der Waals surface area contributed by atoms with Gasteiger partial charge in [-0.3, -0.25) is 9.55 Å². The predicted octanol–water partition coefficient (Wildman–Crippen LogP) is 15.7. The number of imidazole rings is 1. The molecule has 2 aromatic heterocycles. The summed E-state index contributed by atoms with van der Waals surface area (Å²) in [7, 11) is 0. The molecule has 0 saturated carbocycles. The fourth-order valence-corrected chi connectivity index (χ4v) is 8.13. The van der Waals surface area contributed by atoms with E-state index in [1.807, 2.05) is 93.1 Å². The molecule has 0 bridgehead atoms. The van der Waals surface area contributed by atoms with Crippen LogP contribution in [0.5, 0.6) is 5.75 Å². The minimum absolute atomic E-state index is 0.0355. The maximum Gasteiger partial charge on any atom is 0.149 e. The van der Waals surface area contributed by atoms with Crippen LogP contribution < -0.4 is 0 Å². The molecule has 0 saturated heterocycles. The molecule has 0 radical (unpaired) electrons. The summed E-state index contributed by atoms with van der Waals surface area (Å²) < 4.78 is 62.6. The minimum atomic E-state index is -2.80. The van der Waals surface area contributed by atoms with E-state index in [0.717, 1.165) is 55.8 Å². The number of phenolic OH excluding ortho intramolecular Hbond substituents is 1. The van der Waals surface area contributed by atoms with Crippen molar-refractivity contribution in [3.05, 3.63) is 167 Å². The van der Waals surface area contributed by atoms with Gasteiger partial charge in [0.15, 0.2) is 0 Å². The molecule has 8 rings (SSSR count). The van der Waals surface area contributed by atoms with Crippen molar-refractivity contribution in [1.82, 2.24) is 14.5 Å². The van der Waals surface area contributed by atoms with E-state index in [0.29, 0.717) is 33.7 Å². The number of nitrogens with zero attached hydrogens (tertiary/aromatic N) is 3. The summed E-state index contributed by atoms with van der Waals surface area (Å²) in [4.78, 5) is 10.3. The van der Waals surface area contributed by atoms with Crippen molar-refractivity contribution >= 4 is 11.0 Å². The van der Waals surface area contributed by atoms with Crippen LogP contribution in [-0.2, 0) is 5.41 Å². The van der Waals surface area contributed by atoms with E-state index < -0.39 is 19.6 Å². The number of pyridine rings is 1. The summed E-state index contributed by atoms with van der Waals surface area (Å²) >= 11 is 0. The zero-order valence-corrected chi connectivity index (χ0v) is 36.6. The average molecular weight is 809 g/mol. The van der Waals surface area contributed by atoms with Gasteiger partial charge in [-0.1, -0.05) is 141 Å². The van der Waals surface area contributed by atoms with Gasteiger partial charge in [0.2, 0.25) is 0 Å². The Hall–Kier alpha value is -6.26. The topological polar surface area (TPSA) is 50.9 Å². The molecular weight excluding hydrogens is 743 g/mol. The van der Waals surface area contributed by atoms with Crippen LogP contribution >= 0.6 is 0 Å². The van der Waals surface area contributed by atoms with Gasteiger partial charge < -0.3 is 5.11 Å². The molecule has 4 heteroatoms. The van der Waals surface area contributed by atoms with Gasteiger partial charge in [-0.2, -0.15) is 0 Å². The van der Waals surface area contributed by atoms with Crippen LogP contribution in [0.4, 0.5) is 0 Å². The Bertz CT molecular complexity index is 3170. The highest BCUT2D eigenvalue weighted by atomic mass is 16.3. The number of aromatic nitrogens is 3. The highest BCUT2D eigenvalue weighted by Crippen LogP contribution is 2.44. The van der Waals surface area contributed by atoms with Crippen molar-refractivity contribution in [2.45, 2.75) is 99.2 Å². The normalized spacial score (nSPS) is 14.3. The van der Waals surface area contributed by atoms with Crippen molar-refractivity contribution in [3.63, 3.8) is 0 Å². The Morgan fingerprint density at radius 2 is 1.38 bits per heavy atom. The summed E-state index contributed by atoms with van der Waals surface area (Å²) in [5, 5.41) is 12.3. The Morgan fingerprint density at radius 1 is 0.623 bits per heavy atom. The summed E-state index contributed by atoms with van der Waals surface area (Å²) in [5.41, 5.74) is 11.3. The lowest BCUT2D eigenvalue weighted by Gasteiger charge is -2.22. The van der Waals surface area contributed by atoms with Gasteiger partial charge in [0, 0.05) is 32.6 Å². The summed E-state index contributed by atoms with van der Waals surface area (Å²) in [5.74, 6) is -0.191. The summed E-state index contributed by atoms with van der Waals surface area (Å²) in [6.45, 7) is 13.0. The van der Waals surface area contributed by atoms with Crippen LogP contribution in [-0.4, -0.2) is 19.6 Å². The molecule has 0 fully saturated rings. The quantitative estimate of drug-likeness (QED) is 0.158. The van der Waals surface area contributed by atoms with Crippen LogP contribution in [0, 0.1) is 13.7 Å². The monoisotopic (exact) mass is 809 g/mol. The van der Waals surface area contributed by atoms with Gasteiger partial charge >= 0.3 is 0 Å². The number of aryl methyl sites for hydroxylation is 1. The Kier molecular flexibility index (Phi) is 8.94. The van der Waals surface area contributed by atoms with Gasteiger partial charge in [-0.15, -0.1) is 0 Å². The van der Waals surface area contributed by atoms with Crippen molar-refractivity contribution in [1.29, 1.82) is 0 Å². The fourth-order valence-electron chi connectivity index (χ4n) is 8.13. The SMILES string of the molecule is [2H]C([2H])([2H])c1cc(-n2c(-c3cc(C(C)C)cc(C(C)C)c3O)nc3c(-c4cc(-c5cc(-c6ccc(C([2H])(C)C)cc6)ccn5)cc(C(C)(C)C)c4)cccc32)cc(-c2ccccc2)c1C([2H])([2H])[2H]. The van der Waals surface area contributed by atoms with Crippen molar-refractivity contribution in [3.8, 4) is 67.5 Å². The molecule has 1 N–H and O–H groups in total. The largest absolute Gasteiger partial charge is 0.507 e. The van der Waals surface area contributed by atoms with E-state index in [1.54, 1.807) is 30.3 Å². The minimum Gasteiger partial charge on any atom is -0.507 e. The molecule has 0 aliphatic rings. The molecule has 0 aliphatic heterocycles. The zero-order chi connectivity index (χ0) is 49.2. The first-order valence-corrected chi connectivity index (χ1v) is 21.2. The Balaban J connectivity index is 1.44. The number of aromatic hydroxyl groups is 1.